The highest BCUT2D eigenvalue weighted by Crippen LogP contribution is 2.21. The van der Waals surface area contributed by atoms with Gasteiger partial charge in [0.25, 0.3) is 0 Å². The summed E-state index contributed by atoms with van der Waals surface area (Å²) in [6.07, 6.45) is 3.74. The zero-order valence-electron chi connectivity index (χ0n) is 8.03. The van der Waals surface area contributed by atoms with Gasteiger partial charge in [0.1, 0.15) is 0 Å². The van der Waals surface area contributed by atoms with Crippen molar-refractivity contribution in [3.05, 3.63) is 35.5 Å². The first kappa shape index (κ1) is 8.81. The maximum atomic E-state index is 11.1. The Bertz CT molecular complexity index is 410. The van der Waals surface area contributed by atoms with Gasteiger partial charge in [-0.3, -0.25) is 4.79 Å². The van der Waals surface area contributed by atoms with E-state index in [1.807, 2.05) is 24.3 Å². The standard InChI is InChI=1S/C11H12N2O/c1-8(14)13-5-4-9-2-3-11(12)6-10(9)7-13/h2-6H,7,12H2,1H3. The molecule has 2 N–H and O–H groups in total. The van der Waals surface area contributed by atoms with Crippen LogP contribution in [-0.4, -0.2) is 10.8 Å². The van der Waals surface area contributed by atoms with Gasteiger partial charge in [0.2, 0.25) is 5.91 Å². The van der Waals surface area contributed by atoms with Gasteiger partial charge in [-0.05, 0) is 29.3 Å². The zero-order valence-corrected chi connectivity index (χ0v) is 8.03. The quantitative estimate of drug-likeness (QED) is 0.628. The molecule has 1 aliphatic heterocycles. The van der Waals surface area contributed by atoms with Gasteiger partial charge in [-0.25, -0.2) is 0 Å². The number of amides is 1. The lowest BCUT2D eigenvalue weighted by Crippen LogP contribution is -2.24. The molecule has 0 aromatic heterocycles. The minimum absolute atomic E-state index is 0.0503. The second-order valence-electron chi connectivity index (χ2n) is 3.42. The molecule has 0 aliphatic carbocycles. The molecule has 3 nitrogen and oxygen atoms in total. The highest BCUT2D eigenvalue weighted by atomic mass is 16.2. The van der Waals surface area contributed by atoms with Gasteiger partial charge in [0, 0.05) is 18.8 Å². The summed E-state index contributed by atoms with van der Waals surface area (Å²) in [6.45, 7) is 2.17. The predicted octanol–water partition coefficient (Wildman–Crippen LogP) is 1.60. The van der Waals surface area contributed by atoms with Crippen LogP contribution >= 0.6 is 0 Å². The molecule has 0 bridgehead atoms. The third-order valence-corrected chi connectivity index (χ3v) is 2.35. The Hall–Kier alpha value is -1.77. The van der Waals surface area contributed by atoms with E-state index >= 15 is 0 Å². The third-order valence-electron chi connectivity index (χ3n) is 2.35. The van der Waals surface area contributed by atoms with Crippen LogP contribution in [0, 0.1) is 0 Å². The topological polar surface area (TPSA) is 46.3 Å². The Kier molecular flexibility index (Phi) is 2.00. The monoisotopic (exact) mass is 188 g/mol. The van der Waals surface area contributed by atoms with Crippen LogP contribution in [0.4, 0.5) is 5.69 Å². The van der Waals surface area contributed by atoms with Crippen molar-refractivity contribution in [2.45, 2.75) is 13.5 Å². The maximum Gasteiger partial charge on any atom is 0.223 e. The van der Waals surface area contributed by atoms with Gasteiger partial charge >= 0.3 is 0 Å². The Morgan fingerprint density at radius 2 is 2.29 bits per heavy atom. The predicted molar refractivity (Wildman–Crippen MR) is 56.1 cm³/mol. The Morgan fingerprint density at radius 1 is 1.50 bits per heavy atom. The van der Waals surface area contributed by atoms with Crippen molar-refractivity contribution < 1.29 is 4.79 Å². The number of rotatable bonds is 0. The molecule has 0 saturated carbocycles. The molecule has 1 heterocycles. The van der Waals surface area contributed by atoms with Crippen LogP contribution in [0.25, 0.3) is 6.08 Å². The Morgan fingerprint density at radius 3 is 3.00 bits per heavy atom. The minimum atomic E-state index is 0.0503. The molecule has 2 rings (SSSR count). The van der Waals surface area contributed by atoms with E-state index < -0.39 is 0 Å². The Balaban J connectivity index is 2.37. The molecule has 1 aromatic rings. The summed E-state index contributed by atoms with van der Waals surface area (Å²) in [5, 5.41) is 0. The molecule has 0 saturated heterocycles. The van der Waals surface area contributed by atoms with Gasteiger partial charge in [0.05, 0.1) is 6.54 Å². The first-order valence-electron chi connectivity index (χ1n) is 4.50. The van der Waals surface area contributed by atoms with Crippen LogP contribution < -0.4 is 5.73 Å². The van der Waals surface area contributed by atoms with Gasteiger partial charge in [-0.1, -0.05) is 6.07 Å². The number of hydrogen-bond acceptors (Lipinski definition) is 2. The first-order valence-corrected chi connectivity index (χ1v) is 4.50. The molecular formula is C11H12N2O. The van der Waals surface area contributed by atoms with Crippen LogP contribution in [0.3, 0.4) is 0 Å². The van der Waals surface area contributed by atoms with Crippen molar-refractivity contribution in [3.63, 3.8) is 0 Å². The van der Waals surface area contributed by atoms with E-state index in [1.54, 1.807) is 18.0 Å². The number of carbonyl (C=O) groups is 1. The fourth-order valence-electron chi connectivity index (χ4n) is 1.55. The number of nitrogens with zero attached hydrogens (tertiary/aromatic N) is 1. The number of benzene rings is 1. The van der Waals surface area contributed by atoms with E-state index in [9.17, 15) is 4.79 Å². The molecule has 0 radical (unpaired) electrons. The minimum Gasteiger partial charge on any atom is -0.399 e. The SMILES string of the molecule is CC(=O)N1C=Cc2ccc(N)cc2C1. The zero-order chi connectivity index (χ0) is 10.1. The molecule has 72 valence electrons. The van der Waals surface area contributed by atoms with Gasteiger partial charge in [-0.15, -0.1) is 0 Å². The second kappa shape index (κ2) is 3.18. The number of carbonyl (C=O) groups excluding carboxylic acids is 1. The summed E-state index contributed by atoms with van der Waals surface area (Å²) in [7, 11) is 0. The van der Waals surface area contributed by atoms with E-state index in [2.05, 4.69) is 0 Å². The van der Waals surface area contributed by atoms with Gasteiger partial charge in [-0.2, -0.15) is 0 Å². The average molecular weight is 188 g/mol. The lowest BCUT2D eigenvalue weighted by atomic mass is 10.0. The van der Waals surface area contributed by atoms with Crippen molar-refractivity contribution in [1.29, 1.82) is 0 Å². The normalized spacial score (nSPS) is 13.9. The molecule has 0 fully saturated rings. The van der Waals surface area contributed by atoms with E-state index in [1.165, 1.54) is 0 Å². The summed E-state index contributed by atoms with van der Waals surface area (Å²) in [5.41, 5.74) is 8.65. The van der Waals surface area contributed by atoms with Gasteiger partial charge < -0.3 is 10.6 Å². The fourth-order valence-corrected chi connectivity index (χ4v) is 1.55. The number of fused-ring (bicyclic) bond motifs is 1. The summed E-state index contributed by atoms with van der Waals surface area (Å²) in [6, 6.07) is 5.75. The molecule has 1 amide bonds. The van der Waals surface area contributed by atoms with Gasteiger partial charge in [0.15, 0.2) is 0 Å². The van der Waals surface area contributed by atoms with E-state index in [4.69, 9.17) is 5.73 Å². The summed E-state index contributed by atoms with van der Waals surface area (Å²) >= 11 is 0. The molecular weight excluding hydrogens is 176 g/mol. The molecule has 0 spiro atoms. The second-order valence-corrected chi connectivity index (χ2v) is 3.42. The van der Waals surface area contributed by atoms with E-state index in [0.717, 1.165) is 16.8 Å². The number of hydrogen-bond donors (Lipinski definition) is 1. The lowest BCUT2D eigenvalue weighted by molar-refractivity contribution is -0.126. The van der Waals surface area contributed by atoms with Crippen molar-refractivity contribution >= 4 is 17.7 Å². The summed E-state index contributed by atoms with van der Waals surface area (Å²) in [4.78, 5) is 12.8. The van der Waals surface area contributed by atoms with Crippen molar-refractivity contribution in [2.75, 3.05) is 5.73 Å². The highest BCUT2D eigenvalue weighted by molar-refractivity contribution is 5.77. The molecule has 1 aliphatic rings. The van der Waals surface area contributed by atoms with Crippen molar-refractivity contribution in [3.8, 4) is 0 Å². The largest absolute Gasteiger partial charge is 0.399 e. The lowest BCUT2D eigenvalue weighted by Gasteiger charge is -2.22. The third kappa shape index (κ3) is 1.48. The summed E-state index contributed by atoms with van der Waals surface area (Å²) < 4.78 is 0. The molecule has 1 aromatic carbocycles. The van der Waals surface area contributed by atoms with Crippen LogP contribution in [-0.2, 0) is 11.3 Å². The molecule has 0 unspecified atom stereocenters. The van der Waals surface area contributed by atoms with Crippen LogP contribution in [0.15, 0.2) is 24.4 Å². The van der Waals surface area contributed by atoms with Crippen molar-refractivity contribution in [2.24, 2.45) is 0 Å². The maximum absolute atomic E-state index is 11.1. The highest BCUT2D eigenvalue weighted by Gasteiger charge is 2.12. The summed E-state index contributed by atoms with van der Waals surface area (Å²) in [5.74, 6) is 0.0503. The van der Waals surface area contributed by atoms with Crippen molar-refractivity contribution in [1.82, 2.24) is 4.90 Å². The number of anilines is 1. The molecule has 14 heavy (non-hydrogen) atoms. The number of nitrogen functional groups attached to an aromatic ring is 1. The van der Waals surface area contributed by atoms with Crippen LogP contribution in [0.5, 0.6) is 0 Å². The van der Waals surface area contributed by atoms with E-state index in [0.29, 0.717) is 6.54 Å². The van der Waals surface area contributed by atoms with Crippen LogP contribution in [0.2, 0.25) is 0 Å². The average Bonchev–Trinajstić information content (AvgIpc) is 2.16. The van der Waals surface area contributed by atoms with Crippen LogP contribution in [0.1, 0.15) is 18.1 Å². The van der Waals surface area contributed by atoms with E-state index in [-0.39, 0.29) is 5.91 Å². The first-order chi connectivity index (χ1) is 6.66. The molecule has 3 heteroatoms. The molecule has 0 atom stereocenters. The Labute approximate surface area is 82.8 Å². The number of nitrogens with two attached hydrogens (primary N) is 1. The smallest absolute Gasteiger partial charge is 0.223 e. The fraction of sp³-hybridized carbons (Fsp3) is 0.182.